The van der Waals surface area contributed by atoms with Gasteiger partial charge in [-0.2, -0.15) is 0 Å². The molecule has 0 saturated heterocycles. The Morgan fingerprint density at radius 3 is 2.61 bits per heavy atom. The molecule has 3 aromatic rings. The van der Waals surface area contributed by atoms with Crippen LogP contribution in [0, 0.1) is 20.8 Å². The van der Waals surface area contributed by atoms with Gasteiger partial charge in [-0.05, 0) is 55.5 Å². The van der Waals surface area contributed by atoms with Gasteiger partial charge < -0.3 is 9.72 Å². The minimum Gasteiger partial charge on any atom is -0.426 e. The first-order chi connectivity index (χ1) is 11.1. The summed E-state index contributed by atoms with van der Waals surface area (Å²) >= 11 is 0. The minimum atomic E-state index is -0.188. The van der Waals surface area contributed by atoms with Gasteiger partial charge in [0.15, 0.2) is 0 Å². The average Bonchev–Trinajstić information content (AvgIpc) is 2.96. The third-order valence-corrected chi connectivity index (χ3v) is 4.36. The van der Waals surface area contributed by atoms with Crippen molar-refractivity contribution in [3.8, 4) is 5.75 Å². The molecular weight excluding hydrogens is 286 g/mol. The number of H-pyrrole nitrogens is 1. The van der Waals surface area contributed by atoms with Crippen LogP contribution in [0.3, 0.4) is 0 Å². The van der Waals surface area contributed by atoms with E-state index >= 15 is 0 Å². The summed E-state index contributed by atoms with van der Waals surface area (Å²) in [6.07, 6.45) is 3.02. The van der Waals surface area contributed by atoms with Crippen molar-refractivity contribution < 1.29 is 9.53 Å². The van der Waals surface area contributed by atoms with Crippen molar-refractivity contribution in [2.24, 2.45) is 0 Å². The number of nitrogens with one attached hydrogen (secondary N) is 1. The summed E-state index contributed by atoms with van der Waals surface area (Å²) in [5.41, 5.74) is 5.41. The lowest BCUT2D eigenvalue weighted by Crippen LogP contribution is -2.11. The second-order valence-corrected chi connectivity index (χ2v) is 5.99. The van der Waals surface area contributed by atoms with Crippen LogP contribution in [-0.2, 0) is 11.2 Å². The highest BCUT2D eigenvalue weighted by Crippen LogP contribution is 2.26. The number of esters is 1. The van der Waals surface area contributed by atoms with Crippen LogP contribution in [0.15, 0.2) is 42.6 Å². The number of aryl methyl sites for hydroxylation is 3. The summed E-state index contributed by atoms with van der Waals surface area (Å²) in [6, 6.07) is 12.2. The Bertz CT molecular complexity index is 861. The molecule has 3 rings (SSSR count). The lowest BCUT2D eigenvalue weighted by Gasteiger charge is -2.12. The van der Waals surface area contributed by atoms with Gasteiger partial charge in [0, 0.05) is 17.1 Å². The zero-order valence-electron chi connectivity index (χ0n) is 13.8. The highest BCUT2D eigenvalue weighted by Gasteiger charge is 2.12. The van der Waals surface area contributed by atoms with Gasteiger partial charge in [0.2, 0.25) is 0 Å². The standard InChI is InChI=1S/C20H21NO2/c1-13-8-9-14(2)20(15(13)3)23-19(22)11-10-16-12-21-18-7-5-4-6-17(16)18/h4-9,12,21H,10-11H2,1-3H3. The molecule has 0 bridgehead atoms. The van der Waals surface area contributed by atoms with Gasteiger partial charge in [-0.3, -0.25) is 4.79 Å². The Kier molecular flexibility index (Phi) is 4.20. The van der Waals surface area contributed by atoms with E-state index in [-0.39, 0.29) is 5.97 Å². The van der Waals surface area contributed by atoms with Crippen molar-refractivity contribution in [1.82, 2.24) is 4.98 Å². The Hall–Kier alpha value is -2.55. The van der Waals surface area contributed by atoms with Crippen LogP contribution in [0.25, 0.3) is 10.9 Å². The van der Waals surface area contributed by atoms with E-state index in [2.05, 4.69) is 11.1 Å². The predicted octanol–water partition coefficient (Wildman–Crippen LogP) is 4.63. The van der Waals surface area contributed by atoms with E-state index in [0.717, 1.165) is 27.8 Å². The Morgan fingerprint density at radius 1 is 1.04 bits per heavy atom. The summed E-state index contributed by atoms with van der Waals surface area (Å²) < 4.78 is 5.62. The number of hydrogen-bond acceptors (Lipinski definition) is 2. The van der Waals surface area contributed by atoms with Crippen LogP contribution in [-0.4, -0.2) is 11.0 Å². The maximum absolute atomic E-state index is 12.2. The van der Waals surface area contributed by atoms with Crippen molar-refractivity contribution in [2.45, 2.75) is 33.6 Å². The molecule has 0 aliphatic carbocycles. The number of aromatic amines is 1. The molecule has 3 nitrogen and oxygen atoms in total. The van der Waals surface area contributed by atoms with E-state index in [1.165, 1.54) is 5.39 Å². The summed E-state index contributed by atoms with van der Waals surface area (Å²) in [4.78, 5) is 15.5. The molecule has 0 radical (unpaired) electrons. The Balaban J connectivity index is 1.70. The first kappa shape index (κ1) is 15.3. The van der Waals surface area contributed by atoms with E-state index < -0.39 is 0 Å². The fourth-order valence-electron chi connectivity index (χ4n) is 2.82. The Morgan fingerprint density at radius 2 is 1.78 bits per heavy atom. The van der Waals surface area contributed by atoms with Gasteiger partial charge in [0.1, 0.15) is 5.75 Å². The number of carbonyl (C=O) groups excluding carboxylic acids is 1. The number of para-hydroxylation sites is 1. The van der Waals surface area contributed by atoms with Crippen LogP contribution < -0.4 is 4.74 Å². The molecule has 2 aromatic carbocycles. The molecule has 0 fully saturated rings. The predicted molar refractivity (Wildman–Crippen MR) is 92.9 cm³/mol. The molecule has 0 unspecified atom stereocenters. The van der Waals surface area contributed by atoms with Crippen LogP contribution in [0.5, 0.6) is 5.75 Å². The molecule has 0 spiro atoms. The second-order valence-electron chi connectivity index (χ2n) is 5.99. The fourth-order valence-corrected chi connectivity index (χ4v) is 2.82. The third kappa shape index (κ3) is 3.14. The number of rotatable bonds is 4. The van der Waals surface area contributed by atoms with Crippen LogP contribution in [0.4, 0.5) is 0 Å². The average molecular weight is 307 g/mol. The van der Waals surface area contributed by atoms with Gasteiger partial charge in [-0.1, -0.05) is 30.3 Å². The molecule has 118 valence electrons. The summed E-state index contributed by atoms with van der Waals surface area (Å²) in [5.74, 6) is 0.515. The minimum absolute atomic E-state index is 0.188. The van der Waals surface area contributed by atoms with Crippen LogP contribution in [0.2, 0.25) is 0 Å². The lowest BCUT2D eigenvalue weighted by molar-refractivity contribution is -0.134. The number of benzene rings is 2. The number of hydrogen-bond donors (Lipinski definition) is 1. The van der Waals surface area contributed by atoms with E-state index in [4.69, 9.17) is 4.74 Å². The first-order valence-electron chi connectivity index (χ1n) is 7.88. The van der Waals surface area contributed by atoms with E-state index in [1.807, 2.05) is 57.3 Å². The molecule has 0 atom stereocenters. The zero-order valence-corrected chi connectivity index (χ0v) is 13.8. The van der Waals surface area contributed by atoms with E-state index in [0.29, 0.717) is 18.6 Å². The quantitative estimate of drug-likeness (QED) is 0.564. The number of ether oxygens (including phenoxy) is 1. The highest BCUT2D eigenvalue weighted by molar-refractivity contribution is 5.83. The second kappa shape index (κ2) is 6.29. The van der Waals surface area contributed by atoms with Crippen molar-refractivity contribution in [2.75, 3.05) is 0 Å². The van der Waals surface area contributed by atoms with Crippen LogP contribution in [0.1, 0.15) is 28.7 Å². The molecule has 1 N–H and O–H groups in total. The van der Waals surface area contributed by atoms with Crippen molar-refractivity contribution in [3.05, 3.63) is 64.8 Å². The molecule has 0 saturated carbocycles. The number of fused-ring (bicyclic) bond motifs is 1. The molecule has 0 aliphatic rings. The van der Waals surface area contributed by atoms with E-state index in [1.54, 1.807) is 0 Å². The van der Waals surface area contributed by atoms with Crippen molar-refractivity contribution >= 4 is 16.9 Å². The molecule has 23 heavy (non-hydrogen) atoms. The summed E-state index contributed by atoms with van der Waals surface area (Å²) in [5, 5.41) is 1.17. The summed E-state index contributed by atoms with van der Waals surface area (Å²) in [7, 11) is 0. The highest BCUT2D eigenvalue weighted by atomic mass is 16.5. The summed E-state index contributed by atoms with van der Waals surface area (Å²) in [6.45, 7) is 5.98. The molecule has 0 amide bonds. The number of aromatic nitrogens is 1. The maximum atomic E-state index is 12.2. The number of carbonyl (C=O) groups is 1. The van der Waals surface area contributed by atoms with Gasteiger partial charge >= 0.3 is 5.97 Å². The first-order valence-corrected chi connectivity index (χ1v) is 7.88. The zero-order chi connectivity index (χ0) is 16.4. The van der Waals surface area contributed by atoms with Crippen LogP contribution >= 0.6 is 0 Å². The molecule has 3 heteroatoms. The van der Waals surface area contributed by atoms with Crippen molar-refractivity contribution in [3.63, 3.8) is 0 Å². The largest absolute Gasteiger partial charge is 0.426 e. The van der Waals surface area contributed by atoms with Crippen molar-refractivity contribution in [1.29, 1.82) is 0 Å². The molecule has 1 heterocycles. The monoisotopic (exact) mass is 307 g/mol. The maximum Gasteiger partial charge on any atom is 0.311 e. The normalized spacial score (nSPS) is 10.9. The van der Waals surface area contributed by atoms with Gasteiger partial charge in [-0.25, -0.2) is 0 Å². The topological polar surface area (TPSA) is 42.1 Å². The van der Waals surface area contributed by atoms with Gasteiger partial charge in [0.25, 0.3) is 0 Å². The fraction of sp³-hybridized carbons (Fsp3) is 0.250. The smallest absolute Gasteiger partial charge is 0.311 e. The van der Waals surface area contributed by atoms with E-state index in [9.17, 15) is 4.79 Å². The SMILES string of the molecule is Cc1ccc(C)c(OC(=O)CCc2c[nH]c3ccccc23)c1C. The Labute approximate surface area is 136 Å². The molecular formula is C20H21NO2. The van der Waals surface area contributed by atoms with Gasteiger partial charge in [-0.15, -0.1) is 0 Å². The third-order valence-electron chi connectivity index (χ3n) is 4.36. The molecule has 0 aliphatic heterocycles. The lowest BCUT2D eigenvalue weighted by atomic mass is 10.1. The van der Waals surface area contributed by atoms with Gasteiger partial charge in [0.05, 0.1) is 6.42 Å². The molecule has 1 aromatic heterocycles.